The van der Waals surface area contributed by atoms with E-state index in [1.54, 1.807) is 12.1 Å². The molecule has 2 rings (SSSR count). The van der Waals surface area contributed by atoms with Gasteiger partial charge in [0.05, 0.1) is 14.2 Å². The van der Waals surface area contributed by atoms with Gasteiger partial charge in [0.2, 0.25) is 10.0 Å². The van der Waals surface area contributed by atoms with E-state index in [0.29, 0.717) is 24.6 Å². The molecule has 1 saturated heterocycles. The minimum absolute atomic E-state index is 0.0230. The van der Waals surface area contributed by atoms with E-state index in [1.807, 2.05) is 6.92 Å². The smallest absolute Gasteiger partial charge is 0.246 e. The highest BCUT2D eigenvalue weighted by Crippen LogP contribution is 2.32. The molecule has 2 atom stereocenters. The zero-order chi connectivity index (χ0) is 16.3. The molecule has 1 aromatic rings. The normalized spacial score (nSPS) is 21.4. The molecule has 0 aliphatic carbocycles. The Morgan fingerprint density at radius 3 is 2.64 bits per heavy atom. The molecule has 0 saturated carbocycles. The average Bonchev–Trinajstić information content (AvgIpc) is 2.54. The van der Waals surface area contributed by atoms with E-state index in [2.05, 4.69) is 0 Å². The third-order valence-electron chi connectivity index (χ3n) is 4.15. The summed E-state index contributed by atoms with van der Waals surface area (Å²) in [6.07, 6.45) is 1.77. The van der Waals surface area contributed by atoms with Crippen LogP contribution in [0, 0.1) is 5.92 Å². The third kappa shape index (κ3) is 3.37. The monoisotopic (exact) mass is 328 g/mol. The second-order valence-electron chi connectivity index (χ2n) is 5.64. The van der Waals surface area contributed by atoms with Crippen LogP contribution < -0.4 is 15.2 Å². The first kappa shape index (κ1) is 17.1. The van der Waals surface area contributed by atoms with Gasteiger partial charge in [0.25, 0.3) is 0 Å². The van der Waals surface area contributed by atoms with Crippen LogP contribution >= 0.6 is 0 Å². The Morgan fingerprint density at radius 1 is 1.32 bits per heavy atom. The van der Waals surface area contributed by atoms with E-state index < -0.39 is 10.0 Å². The zero-order valence-corrected chi connectivity index (χ0v) is 14.1. The van der Waals surface area contributed by atoms with Crippen molar-refractivity contribution in [2.75, 3.05) is 27.3 Å². The van der Waals surface area contributed by atoms with Crippen molar-refractivity contribution in [3.8, 4) is 11.5 Å². The summed E-state index contributed by atoms with van der Waals surface area (Å²) in [5.74, 6) is 0.990. The van der Waals surface area contributed by atoms with Crippen molar-refractivity contribution >= 4 is 10.0 Å². The first-order chi connectivity index (χ1) is 10.4. The summed E-state index contributed by atoms with van der Waals surface area (Å²) in [7, 11) is -0.666. The van der Waals surface area contributed by atoms with Gasteiger partial charge in [-0.25, -0.2) is 8.42 Å². The Morgan fingerprint density at radius 2 is 2.05 bits per heavy atom. The van der Waals surface area contributed by atoms with Crippen molar-refractivity contribution in [1.29, 1.82) is 0 Å². The lowest BCUT2D eigenvalue weighted by atomic mass is 9.93. The van der Waals surface area contributed by atoms with Gasteiger partial charge in [-0.15, -0.1) is 0 Å². The van der Waals surface area contributed by atoms with Gasteiger partial charge in [-0.3, -0.25) is 0 Å². The Labute approximate surface area is 132 Å². The molecule has 0 aromatic heterocycles. The van der Waals surface area contributed by atoms with Crippen molar-refractivity contribution in [3.05, 3.63) is 18.2 Å². The lowest BCUT2D eigenvalue weighted by Crippen LogP contribution is -2.45. The molecule has 0 spiro atoms. The molecule has 0 radical (unpaired) electrons. The van der Waals surface area contributed by atoms with Gasteiger partial charge in [0, 0.05) is 25.2 Å². The van der Waals surface area contributed by atoms with Gasteiger partial charge in [-0.2, -0.15) is 4.31 Å². The molecule has 2 unspecified atom stereocenters. The minimum Gasteiger partial charge on any atom is -0.497 e. The maximum atomic E-state index is 13.0. The van der Waals surface area contributed by atoms with Crippen molar-refractivity contribution in [1.82, 2.24) is 4.31 Å². The molecule has 0 bridgehead atoms. The number of piperidine rings is 1. The number of hydrogen-bond acceptors (Lipinski definition) is 5. The van der Waals surface area contributed by atoms with Gasteiger partial charge in [-0.05, 0) is 37.8 Å². The molecule has 1 aromatic carbocycles. The Hall–Kier alpha value is -1.31. The van der Waals surface area contributed by atoms with Gasteiger partial charge in [0.1, 0.15) is 16.4 Å². The highest BCUT2D eigenvalue weighted by atomic mass is 32.2. The summed E-state index contributed by atoms with van der Waals surface area (Å²) in [5, 5.41) is 0. The fourth-order valence-corrected chi connectivity index (χ4v) is 4.45. The molecular weight excluding hydrogens is 304 g/mol. The molecule has 6 nitrogen and oxygen atoms in total. The molecule has 2 N–H and O–H groups in total. The topological polar surface area (TPSA) is 81.9 Å². The first-order valence-corrected chi connectivity index (χ1v) is 8.82. The highest BCUT2D eigenvalue weighted by molar-refractivity contribution is 7.89. The Balaban J connectivity index is 2.37. The molecule has 22 heavy (non-hydrogen) atoms. The summed E-state index contributed by atoms with van der Waals surface area (Å²) >= 11 is 0. The number of sulfonamides is 1. The second kappa shape index (κ2) is 6.85. The Kier molecular flexibility index (Phi) is 5.31. The van der Waals surface area contributed by atoms with Crippen LogP contribution in [0.1, 0.15) is 19.8 Å². The molecule has 1 aliphatic heterocycles. The average molecular weight is 328 g/mol. The molecule has 0 amide bonds. The van der Waals surface area contributed by atoms with Crippen molar-refractivity contribution < 1.29 is 17.9 Å². The fourth-order valence-electron chi connectivity index (χ4n) is 2.75. The van der Waals surface area contributed by atoms with E-state index in [-0.39, 0.29) is 16.9 Å². The van der Waals surface area contributed by atoms with Crippen LogP contribution in [0.3, 0.4) is 0 Å². The molecule has 124 valence electrons. The maximum Gasteiger partial charge on any atom is 0.246 e. The van der Waals surface area contributed by atoms with Crippen molar-refractivity contribution in [3.63, 3.8) is 0 Å². The van der Waals surface area contributed by atoms with Crippen LogP contribution in [0.2, 0.25) is 0 Å². The van der Waals surface area contributed by atoms with Crippen LogP contribution in [-0.4, -0.2) is 46.1 Å². The fraction of sp³-hybridized carbons (Fsp3) is 0.600. The summed E-state index contributed by atoms with van der Waals surface area (Å²) in [6, 6.07) is 4.77. The minimum atomic E-state index is -3.63. The molecule has 1 heterocycles. The largest absolute Gasteiger partial charge is 0.497 e. The third-order valence-corrected chi connectivity index (χ3v) is 6.04. The lowest BCUT2D eigenvalue weighted by Gasteiger charge is -2.34. The van der Waals surface area contributed by atoms with E-state index in [4.69, 9.17) is 15.2 Å². The van der Waals surface area contributed by atoms with E-state index in [0.717, 1.165) is 12.8 Å². The Bertz CT molecular complexity index is 616. The van der Waals surface area contributed by atoms with E-state index >= 15 is 0 Å². The van der Waals surface area contributed by atoms with Crippen LogP contribution in [-0.2, 0) is 10.0 Å². The zero-order valence-electron chi connectivity index (χ0n) is 13.3. The van der Waals surface area contributed by atoms with Crippen LogP contribution in [0.15, 0.2) is 23.1 Å². The van der Waals surface area contributed by atoms with Gasteiger partial charge >= 0.3 is 0 Å². The summed E-state index contributed by atoms with van der Waals surface area (Å²) in [4.78, 5) is 0.139. The van der Waals surface area contributed by atoms with Crippen LogP contribution in [0.5, 0.6) is 11.5 Å². The number of hydrogen-bond donors (Lipinski definition) is 1. The van der Waals surface area contributed by atoms with Gasteiger partial charge < -0.3 is 15.2 Å². The molecule has 1 fully saturated rings. The number of rotatable bonds is 5. The lowest BCUT2D eigenvalue weighted by molar-refractivity contribution is 0.242. The highest BCUT2D eigenvalue weighted by Gasteiger charge is 2.33. The quantitative estimate of drug-likeness (QED) is 0.885. The maximum absolute atomic E-state index is 13.0. The van der Waals surface area contributed by atoms with E-state index in [9.17, 15) is 8.42 Å². The predicted octanol–water partition coefficient (Wildman–Crippen LogP) is 1.45. The number of nitrogens with zero attached hydrogens (tertiary/aromatic N) is 1. The molecule has 7 heteroatoms. The predicted molar refractivity (Wildman–Crippen MR) is 84.7 cm³/mol. The van der Waals surface area contributed by atoms with Gasteiger partial charge in [0.15, 0.2) is 0 Å². The summed E-state index contributed by atoms with van der Waals surface area (Å²) in [5.41, 5.74) is 5.95. The SMILES string of the molecule is COc1ccc(OC)c(S(=O)(=O)N2CCCC(C(C)N)C2)c1. The van der Waals surface area contributed by atoms with Crippen molar-refractivity contribution in [2.45, 2.75) is 30.7 Å². The molecular formula is C15H24N2O4S. The van der Waals surface area contributed by atoms with Gasteiger partial charge in [-0.1, -0.05) is 0 Å². The first-order valence-electron chi connectivity index (χ1n) is 7.38. The summed E-state index contributed by atoms with van der Waals surface area (Å²) < 4.78 is 37.8. The number of methoxy groups -OCH3 is 2. The van der Waals surface area contributed by atoms with Crippen LogP contribution in [0.25, 0.3) is 0 Å². The number of ether oxygens (including phenoxy) is 2. The van der Waals surface area contributed by atoms with E-state index in [1.165, 1.54) is 24.6 Å². The standard InChI is InChI=1S/C15H24N2O4S/c1-11(16)12-5-4-8-17(10-12)22(18,19)15-9-13(20-2)6-7-14(15)21-3/h6-7,9,11-12H,4-5,8,10,16H2,1-3H3. The summed E-state index contributed by atoms with van der Waals surface area (Å²) in [6.45, 7) is 2.87. The van der Waals surface area contributed by atoms with Crippen molar-refractivity contribution in [2.24, 2.45) is 11.7 Å². The number of benzene rings is 1. The van der Waals surface area contributed by atoms with Crippen LogP contribution in [0.4, 0.5) is 0 Å². The molecule has 1 aliphatic rings. The second-order valence-corrected chi connectivity index (χ2v) is 7.55. The number of nitrogens with two attached hydrogens (primary N) is 1.